The van der Waals surface area contributed by atoms with E-state index in [1.807, 2.05) is 34.9 Å². The fraction of sp³-hybridized carbons (Fsp3) is 0.429. The van der Waals surface area contributed by atoms with E-state index in [-0.39, 0.29) is 5.60 Å². The average molecular weight is 278 g/mol. The predicted molar refractivity (Wildman–Crippen MR) is 74.1 cm³/mol. The van der Waals surface area contributed by atoms with Gasteiger partial charge in [-0.25, -0.2) is 0 Å². The normalized spacial score (nSPS) is 17.2. The molecule has 1 aromatic heterocycles. The zero-order chi connectivity index (χ0) is 13.3. The highest BCUT2D eigenvalue weighted by molar-refractivity contribution is 6.28. The molecule has 0 atom stereocenters. The largest absolute Gasteiger partial charge is 0.376 e. The molecule has 0 spiro atoms. The van der Waals surface area contributed by atoms with E-state index in [0.717, 1.165) is 24.2 Å². The minimum absolute atomic E-state index is 0.102. The third kappa shape index (κ3) is 2.26. The number of nitrogens with zero attached hydrogens (tertiary/aromatic N) is 3. The lowest BCUT2D eigenvalue weighted by molar-refractivity contribution is -0.0832. The summed E-state index contributed by atoms with van der Waals surface area (Å²) < 4.78 is 7.60. The molecular weight excluding hydrogens is 262 g/mol. The van der Waals surface area contributed by atoms with Gasteiger partial charge >= 0.3 is 0 Å². The average Bonchev–Trinajstić information content (AvgIpc) is 2.76. The van der Waals surface area contributed by atoms with E-state index in [4.69, 9.17) is 16.3 Å². The monoisotopic (exact) mass is 277 g/mol. The number of aromatic nitrogens is 3. The zero-order valence-corrected chi connectivity index (χ0v) is 11.6. The predicted octanol–water partition coefficient (Wildman–Crippen LogP) is 3.17. The van der Waals surface area contributed by atoms with Gasteiger partial charge in [0.25, 0.3) is 0 Å². The Morgan fingerprint density at radius 1 is 1.26 bits per heavy atom. The van der Waals surface area contributed by atoms with E-state index in [0.29, 0.717) is 11.8 Å². The van der Waals surface area contributed by atoms with Crippen molar-refractivity contribution in [2.24, 2.45) is 0 Å². The second kappa shape index (κ2) is 4.94. The molecule has 1 aliphatic rings. The molecule has 100 valence electrons. The summed E-state index contributed by atoms with van der Waals surface area (Å²) in [5.74, 6) is 0.800. The van der Waals surface area contributed by atoms with Crippen LogP contribution in [0.2, 0.25) is 5.28 Å². The van der Waals surface area contributed by atoms with Crippen molar-refractivity contribution in [1.82, 2.24) is 14.8 Å². The lowest BCUT2D eigenvalue weighted by Crippen LogP contribution is -2.43. The molecule has 0 radical (unpaired) electrons. The Kier molecular flexibility index (Phi) is 3.29. The Labute approximate surface area is 117 Å². The van der Waals surface area contributed by atoms with Crippen molar-refractivity contribution >= 4 is 11.6 Å². The Morgan fingerprint density at radius 2 is 2.00 bits per heavy atom. The summed E-state index contributed by atoms with van der Waals surface area (Å²) in [4.78, 5) is 0. The molecule has 3 rings (SSSR count). The SMILES string of the molecule is COC1(Cn2c(Cl)nnc2-c2ccccc2)CCC1. The fourth-order valence-electron chi connectivity index (χ4n) is 2.51. The molecule has 0 saturated heterocycles. The summed E-state index contributed by atoms with van der Waals surface area (Å²) in [5, 5.41) is 8.60. The van der Waals surface area contributed by atoms with Crippen LogP contribution in [0.3, 0.4) is 0 Å². The van der Waals surface area contributed by atoms with Crippen LogP contribution in [0, 0.1) is 0 Å². The van der Waals surface area contributed by atoms with Crippen molar-refractivity contribution < 1.29 is 4.74 Å². The molecule has 1 aliphatic carbocycles. The standard InChI is InChI=1S/C14H16ClN3O/c1-19-14(8-5-9-14)10-18-12(16-17-13(18)15)11-6-3-2-4-7-11/h2-4,6-7H,5,8-10H2,1H3. The second-order valence-electron chi connectivity index (χ2n) is 4.99. The number of ether oxygens (including phenoxy) is 1. The first kappa shape index (κ1) is 12.6. The van der Waals surface area contributed by atoms with Crippen molar-refractivity contribution in [3.63, 3.8) is 0 Å². The molecule has 0 N–H and O–H groups in total. The Balaban J connectivity index is 1.95. The summed E-state index contributed by atoms with van der Waals surface area (Å²) in [6.07, 6.45) is 3.33. The van der Waals surface area contributed by atoms with Gasteiger partial charge in [0.15, 0.2) is 5.82 Å². The topological polar surface area (TPSA) is 39.9 Å². The third-order valence-electron chi connectivity index (χ3n) is 3.88. The van der Waals surface area contributed by atoms with Gasteiger partial charge in [0, 0.05) is 12.7 Å². The van der Waals surface area contributed by atoms with E-state index in [1.165, 1.54) is 6.42 Å². The van der Waals surface area contributed by atoms with Crippen LogP contribution in [0.15, 0.2) is 30.3 Å². The van der Waals surface area contributed by atoms with Crippen LogP contribution >= 0.6 is 11.6 Å². The van der Waals surface area contributed by atoms with Crippen LogP contribution in [0.4, 0.5) is 0 Å². The smallest absolute Gasteiger partial charge is 0.225 e. The van der Waals surface area contributed by atoms with Crippen molar-refractivity contribution in [3.8, 4) is 11.4 Å². The van der Waals surface area contributed by atoms with Gasteiger partial charge in [0.1, 0.15) is 0 Å². The number of benzene rings is 1. The maximum Gasteiger partial charge on any atom is 0.225 e. The second-order valence-corrected chi connectivity index (χ2v) is 5.32. The van der Waals surface area contributed by atoms with E-state index in [1.54, 1.807) is 7.11 Å². The molecule has 0 unspecified atom stereocenters. The zero-order valence-electron chi connectivity index (χ0n) is 10.8. The van der Waals surface area contributed by atoms with Crippen LogP contribution < -0.4 is 0 Å². The maximum atomic E-state index is 6.17. The van der Waals surface area contributed by atoms with Crippen LogP contribution in [0.5, 0.6) is 0 Å². The van der Waals surface area contributed by atoms with Gasteiger partial charge in [0.2, 0.25) is 5.28 Å². The molecule has 1 aromatic carbocycles. The summed E-state index contributed by atoms with van der Waals surface area (Å²) in [5.41, 5.74) is 0.919. The van der Waals surface area contributed by atoms with Gasteiger partial charge in [-0.05, 0) is 30.9 Å². The van der Waals surface area contributed by atoms with Crippen molar-refractivity contribution in [2.75, 3.05) is 7.11 Å². The molecule has 4 nitrogen and oxygen atoms in total. The molecule has 1 saturated carbocycles. The third-order valence-corrected chi connectivity index (χ3v) is 4.16. The first-order valence-electron chi connectivity index (χ1n) is 6.43. The highest BCUT2D eigenvalue weighted by Crippen LogP contribution is 2.38. The highest BCUT2D eigenvalue weighted by Gasteiger charge is 2.38. The number of hydrogen-bond acceptors (Lipinski definition) is 3. The molecule has 2 aromatic rings. The van der Waals surface area contributed by atoms with Gasteiger partial charge in [-0.2, -0.15) is 0 Å². The molecule has 0 amide bonds. The first-order valence-corrected chi connectivity index (χ1v) is 6.81. The van der Waals surface area contributed by atoms with E-state index < -0.39 is 0 Å². The molecular formula is C14H16ClN3O. The van der Waals surface area contributed by atoms with Crippen molar-refractivity contribution in [1.29, 1.82) is 0 Å². The van der Waals surface area contributed by atoms with E-state index in [9.17, 15) is 0 Å². The summed E-state index contributed by atoms with van der Waals surface area (Å²) in [7, 11) is 1.76. The fourth-order valence-corrected chi connectivity index (χ4v) is 2.69. The minimum atomic E-state index is -0.102. The van der Waals surface area contributed by atoms with Crippen LogP contribution in [-0.2, 0) is 11.3 Å². The summed E-state index contributed by atoms with van der Waals surface area (Å²) >= 11 is 6.17. The van der Waals surface area contributed by atoms with Crippen LogP contribution in [0.1, 0.15) is 19.3 Å². The highest BCUT2D eigenvalue weighted by atomic mass is 35.5. The Bertz CT molecular complexity index is 558. The van der Waals surface area contributed by atoms with Gasteiger partial charge in [-0.1, -0.05) is 30.3 Å². The molecule has 1 fully saturated rings. The van der Waals surface area contributed by atoms with E-state index in [2.05, 4.69) is 10.2 Å². The molecule has 19 heavy (non-hydrogen) atoms. The molecule has 5 heteroatoms. The summed E-state index contributed by atoms with van der Waals surface area (Å²) in [6.45, 7) is 0.708. The first-order chi connectivity index (χ1) is 9.24. The minimum Gasteiger partial charge on any atom is -0.376 e. The Hall–Kier alpha value is -1.39. The molecule has 1 heterocycles. The number of hydrogen-bond donors (Lipinski definition) is 0. The Morgan fingerprint density at radius 3 is 2.58 bits per heavy atom. The molecule has 0 aliphatic heterocycles. The van der Waals surface area contributed by atoms with Crippen molar-refractivity contribution in [2.45, 2.75) is 31.4 Å². The van der Waals surface area contributed by atoms with Gasteiger partial charge in [0.05, 0.1) is 12.1 Å². The lowest BCUT2D eigenvalue weighted by atomic mass is 9.80. The number of rotatable bonds is 4. The molecule has 0 bridgehead atoms. The van der Waals surface area contributed by atoms with Gasteiger partial charge in [-0.15, -0.1) is 10.2 Å². The van der Waals surface area contributed by atoms with Crippen LogP contribution in [0.25, 0.3) is 11.4 Å². The number of halogens is 1. The summed E-state index contributed by atoms with van der Waals surface area (Å²) in [6, 6.07) is 9.97. The lowest BCUT2D eigenvalue weighted by Gasteiger charge is -2.40. The van der Waals surface area contributed by atoms with Gasteiger partial charge < -0.3 is 4.74 Å². The van der Waals surface area contributed by atoms with Gasteiger partial charge in [-0.3, -0.25) is 4.57 Å². The van der Waals surface area contributed by atoms with Crippen molar-refractivity contribution in [3.05, 3.63) is 35.6 Å². The number of methoxy groups -OCH3 is 1. The maximum absolute atomic E-state index is 6.17. The van der Waals surface area contributed by atoms with Crippen LogP contribution in [-0.4, -0.2) is 27.5 Å². The van der Waals surface area contributed by atoms with E-state index >= 15 is 0 Å². The quantitative estimate of drug-likeness (QED) is 0.862.